The molecule has 94 valence electrons. The second kappa shape index (κ2) is 6.55. The molecule has 0 bridgehead atoms. The van der Waals surface area contributed by atoms with E-state index in [1.165, 1.54) is 6.08 Å². The van der Waals surface area contributed by atoms with Crippen LogP contribution in [-0.2, 0) is 9.53 Å². The van der Waals surface area contributed by atoms with Gasteiger partial charge < -0.3 is 4.74 Å². The van der Waals surface area contributed by atoms with Crippen molar-refractivity contribution >= 4 is 12.0 Å². The van der Waals surface area contributed by atoms with Gasteiger partial charge in [0.2, 0.25) is 0 Å². The molecule has 1 rings (SSSR count). The summed E-state index contributed by atoms with van der Waals surface area (Å²) in [5.74, 6) is -0.538. The number of carbonyl (C=O) groups excluding carboxylic acids is 1. The number of aryl methyl sites for hydroxylation is 1. The Morgan fingerprint density at radius 2 is 2.22 bits per heavy atom. The summed E-state index contributed by atoms with van der Waals surface area (Å²) >= 11 is 0. The van der Waals surface area contributed by atoms with Crippen molar-refractivity contribution in [3.63, 3.8) is 0 Å². The van der Waals surface area contributed by atoms with Crippen LogP contribution >= 0.6 is 0 Å². The number of hydrogen-bond acceptors (Lipinski definition) is 4. The molecule has 0 aliphatic rings. The Balaban J connectivity index is 2.60. The zero-order valence-electron chi connectivity index (χ0n) is 10.8. The maximum atomic E-state index is 11.5. The minimum atomic E-state index is -0.710. The van der Waals surface area contributed by atoms with Crippen LogP contribution in [0.4, 0.5) is 0 Å². The van der Waals surface area contributed by atoms with E-state index in [1.54, 1.807) is 12.3 Å². The number of esters is 1. The van der Waals surface area contributed by atoms with Crippen molar-refractivity contribution in [3.05, 3.63) is 35.7 Å². The summed E-state index contributed by atoms with van der Waals surface area (Å²) in [6.45, 7) is 5.55. The molecule has 1 unspecified atom stereocenters. The number of hydrogen-bond donors (Lipinski definition) is 0. The number of pyridine rings is 1. The van der Waals surface area contributed by atoms with E-state index >= 15 is 0 Å². The van der Waals surface area contributed by atoms with Gasteiger partial charge in [0.05, 0.1) is 0 Å². The molecule has 0 spiro atoms. The van der Waals surface area contributed by atoms with Gasteiger partial charge in [-0.25, -0.2) is 4.79 Å². The highest BCUT2D eigenvalue weighted by Gasteiger charge is 2.15. The molecule has 18 heavy (non-hydrogen) atoms. The quantitative estimate of drug-likeness (QED) is 0.603. The Kier molecular flexibility index (Phi) is 5.06. The van der Waals surface area contributed by atoms with E-state index in [2.05, 4.69) is 4.98 Å². The first kappa shape index (κ1) is 13.9. The van der Waals surface area contributed by atoms with Crippen molar-refractivity contribution in [2.24, 2.45) is 5.92 Å². The molecule has 0 saturated heterocycles. The second-order valence-electron chi connectivity index (χ2n) is 4.30. The average molecular weight is 244 g/mol. The fourth-order valence-electron chi connectivity index (χ4n) is 1.22. The van der Waals surface area contributed by atoms with E-state index in [1.807, 2.05) is 39.0 Å². The van der Waals surface area contributed by atoms with E-state index in [0.29, 0.717) is 0 Å². The zero-order valence-corrected chi connectivity index (χ0v) is 10.8. The van der Waals surface area contributed by atoms with E-state index in [4.69, 9.17) is 10.00 Å². The third kappa shape index (κ3) is 4.38. The molecule has 0 N–H and O–H groups in total. The molecule has 0 radical (unpaired) electrons. The van der Waals surface area contributed by atoms with Crippen LogP contribution in [0.3, 0.4) is 0 Å². The second-order valence-corrected chi connectivity index (χ2v) is 4.30. The van der Waals surface area contributed by atoms with E-state index in [0.717, 1.165) is 11.3 Å². The topological polar surface area (TPSA) is 63.0 Å². The lowest BCUT2D eigenvalue weighted by molar-refractivity contribution is -0.142. The van der Waals surface area contributed by atoms with Gasteiger partial charge in [0.15, 0.2) is 6.10 Å². The Hall–Kier alpha value is -2.15. The fraction of sp³-hybridized carbons (Fsp3) is 0.357. The standard InChI is InChI=1S/C14H16N2O2/c1-10(2)13(8-15)18-14(17)7-6-12-5-4-11(3)16-9-12/h4-7,9-10,13H,1-3H3/b7-6+. The van der Waals surface area contributed by atoms with Crippen LogP contribution in [0.1, 0.15) is 25.1 Å². The van der Waals surface area contributed by atoms with Gasteiger partial charge in [0.25, 0.3) is 0 Å². The Morgan fingerprint density at radius 3 is 2.72 bits per heavy atom. The summed E-state index contributed by atoms with van der Waals surface area (Å²) in [7, 11) is 0. The van der Waals surface area contributed by atoms with Gasteiger partial charge >= 0.3 is 5.97 Å². The molecule has 1 atom stereocenters. The SMILES string of the molecule is Cc1ccc(/C=C/C(=O)OC(C#N)C(C)C)cn1. The van der Waals surface area contributed by atoms with Crippen molar-refractivity contribution in [3.8, 4) is 6.07 Å². The smallest absolute Gasteiger partial charge is 0.332 e. The molecular formula is C14H16N2O2. The minimum absolute atomic E-state index is 0.0200. The summed E-state index contributed by atoms with van der Waals surface area (Å²) in [5.41, 5.74) is 1.73. The van der Waals surface area contributed by atoms with E-state index < -0.39 is 12.1 Å². The molecule has 1 aromatic rings. The first-order valence-corrected chi connectivity index (χ1v) is 5.74. The third-order valence-corrected chi connectivity index (χ3v) is 2.32. The molecule has 0 saturated carbocycles. The molecule has 1 heterocycles. The zero-order chi connectivity index (χ0) is 13.5. The van der Waals surface area contributed by atoms with Gasteiger partial charge in [-0.2, -0.15) is 5.26 Å². The molecule has 1 aromatic heterocycles. The molecule has 0 aliphatic heterocycles. The number of rotatable bonds is 4. The van der Waals surface area contributed by atoms with Crippen LogP contribution in [0.15, 0.2) is 24.4 Å². The lowest BCUT2D eigenvalue weighted by Crippen LogP contribution is -2.20. The molecule has 4 nitrogen and oxygen atoms in total. The molecule has 0 aromatic carbocycles. The molecule has 0 amide bonds. The Labute approximate surface area is 107 Å². The summed E-state index contributed by atoms with van der Waals surface area (Å²) in [6, 6.07) is 5.66. The summed E-state index contributed by atoms with van der Waals surface area (Å²) in [5, 5.41) is 8.80. The first-order valence-electron chi connectivity index (χ1n) is 5.74. The van der Waals surface area contributed by atoms with Crippen LogP contribution in [-0.4, -0.2) is 17.1 Å². The maximum Gasteiger partial charge on any atom is 0.332 e. The summed E-state index contributed by atoms with van der Waals surface area (Å²) < 4.78 is 5.00. The van der Waals surface area contributed by atoms with Gasteiger partial charge in [-0.1, -0.05) is 19.9 Å². The molecule has 4 heteroatoms. The van der Waals surface area contributed by atoms with Crippen LogP contribution in [0.2, 0.25) is 0 Å². The monoisotopic (exact) mass is 244 g/mol. The molecular weight excluding hydrogens is 228 g/mol. The predicted molar refractivity (Wildman–Crippen MR) is 68.3 cm³/mol. The van der Waals surface area contributed by atoms with Gasteiger partial charge in [-0.15, -0.1) is 0 Å². The Morgan fingerprint density at radius 1 is 1.50 bits per heavy atom. The predicted octanol–water partition coefficient (Wildman–Crippen LogP) is 2.49. The number of ether oxygens (including phenoxy) is 1. The fourth-order valence-corrected chi connectivity index (χ4v) is 1.22. The third-order valence-electron chi connectivity index (χ3n) is 2.32. The average Bonchev–Trinajstić information content (AvgIpc) is 2.35. The summed E-state index contributed by atoms with van der Waals surface area (Å²) in [6.07, 6.45) is 3.88. The van der Waals surface area contributed by atoms with Crippen LogP contribution in [0.25, 0.3) is 6.08 Å². The maximum absolute atomic E-state index is 11.5. The normalized spacial score (nSPS) is 12.4. The highest BCUT2D eigenvalue weighted by molar-refractivity contribution is 5.87. The van der Waals surface area contributed by atoms with Crippen molar-refractivity contribution in [1.82, 2.24) is 4.98 Å². The lowest BCUT2D eigenvalue weighted by Gasteiger charge is -2.12. The van der Waals surface area contributed by atoms with Crippen molar-refractivity contribution in [2.45, 2.75) is 26.9 Å². The number of carbonyl (C=O) groups is 1. The van der Waals surface area contributed by atoms with Gasteiger partial charge in [0, 0.05) is 23.9 Å². The van der Waals surface area contributed by atoms with Crippen molar-refractivity contribution in [1.29, 1.82) is 5.26 Å². The van der Waals surface area contributed by atoms with Crippen LogP contribution in [0.5, 0.6) is 0 Å². The van der Waals surface area contributed by atoms with Crippen LogP contribution < -0.4 is 0 Å². The van der Waals surface area contributed by atoms with Crippen molar-refractivity contribution < 1.29 is 9.53 Å². The number of nitriles is 1. The van der Waals surface area contributed by atoms with Gasteiger partial charge in [-0.3, -0.25) is 4.98 Å². The largest absolute Gasteiger partial charge is 0.443 e. The molecule has 0 fully saturated rings. The van der Waals surface area contributed by atoms with E-state index in [9.17, 15) is 4.79 Å². The minimum Gasteiger partial charge on any atom is -0.443 e. The van der Waals surface area contributed by atoms with Gasteiger partial charge in [-0.05, 0) is 24.6 Å². The Bertz CT molecular complexity index is 470. The summed E-state index contributed by atoms with van der Waals surface area (Å²) in [4.78, 5) is 15.6. The lowest BCUT2D eigenvalue weighted by atomic mass is 10.1. The number of aromatic nitrogens is 1. The highest BCUT2D eigenvalue weighted by Crippen LogP contribution is 2.07. The van der Waals surface area contributed by atoms with Gasteiger partial charge in [0.1, 0.15) is 6.07 Å². The van der Waals surface area contributed by atoms with Crippen LogP contribution in [0, 0.1) is 24.2 Å². The highest BCUT2D eigenvalue weighted by atomic mass is 16.5. The van der Waals surface area contributed by atoms with Crippen molar-refractivity contribution in [2.75, 3.05) is 0 Å². The first-order chi connectivity index (χ1) is 8.52. The molecule has 0 aliphatic carbocycles. The van der Waals surface area contributed by atoms with E-state index in [-0.39, 0.29) is 5.92 Å². The number of nitrogens with zero attached hydrogens (tertiary/aromatic N) is 2.